The Morgan fingerprint density at radius 2 is 1.82 bits per heavy atom. The van der Waals surface area contributed by atoms with Gasteiger partial charge in [-0.1, -0.05) is 47.7 Å². The van der Waals surface area contributed by atoms with Gasteiger partial charge in [-0.3, -0.25) is 19.8 Å². The van der Waals surface area contributed by atoms with E-state index in [0.29, 0.717) is 11.7 Å². The van der Waals surface area contributed by atoms with Crippen molar-refractivity contribution in [1.82, 2.24) is 15.6 Å². The monoisotopic (exact) mass is 396 g/mol. The molecule has 2 aromatic carbocycles. The Balaban J connectivity index is 1.88. The number of nitrogens with one attached hydrogen (secondary N) is 2. The van der Waals surface area contributed by atoms with Crippen LogP contribution in [-0.2, 0) is 16.1 Å². The van der Waals surface area contributed by atoms with Crippen molar-refractivity contribution in [2.24, 2.45) is 0 Å². The van der Waals surface area contributed by atoms with Crippen molar-refractivity contribution in [1.29, 1.82) is 0 Å². The number of aryl methyl sites for hydroxylation is 2. The third-order valence-electron chi connectivity index (χ3n) is 4.63. The number of carbonyl (C=O) groups is 2. The molecule has 0 atom stereocenters. The van der Waals surface area contributed by atoms with E-state index in [1.165, 1.54) is 16.9 Å². The minimum Gasteiger partial charge on any atom is -0.358 e. The predicted octanol–water partition coefficient (Wildman–Crippen LogP) is 2.78. The number of nitrogens with zero attached hydrogens (tertiary/aromatic N) is 2. The van der Waals surface area contributed by atoms with Gasteiger partial charge in [0.15, 0.2) is 5.13 Å². The van der Waals surface area contributed by atoms with Crippen LogP contribution in [0.4, 0.5) is 5.13 Å². The molecule has 3 rings (SSSR count). The molecule has 7 heteroatoms. The Morgan fingerprint density at radius 1 is 1.07 bits per heavy atom. The highest BCUT2D eigenvalue weighted by Gasteiger charge is 2.21. The molecular formula is C21H24N4O2S. The van der Waals surface area contributed by atoms with Crippen molar-refractivity contribution in [2.75, 3.05) is 25.0 Å². The number of likely N-dealkylation sites (N-methyl/N-ethyl adjacent to an activating group) is 1. The fourth-order valence-corrected chi connectivity index (χ4v) is 3.87. The summed E-state index contributed by atoms with van der Waals surface area (Å²) in [6, 6.07) is 14.0. The van der Waals surface area contributed by atoms with Crippen LogP contribution in [0.5, 0.6) is 0 Å². The van der Waals surface area contributed by atoms with Crippen molar-refractivity contribution in [3.05, 3.63) is 59.2 Å². The first-order valence-corrected chi connectivity index (χ1v) is 9.93. The lowest BCUT2D eigenvalue weighted by atomic mass is 10.1. The Labute approximate surface area is 168 Å². The second-order valence-electron chi connectivity index (χ2n) is 6.59. The van der Waals surface area contributed by atoms with Gasteiger partial charge >= 0.3 is 0 Å². The first-order chi connectivity index (χ1) is 13.5. The summed E-state index contributed by atoms with van der Waals surface area (Å²) in [5, 5.41) is 6.10. The van der Waals surface area contributed by atoms with E-state index in [1.807, 2.05) is 36.4 Å². The molecule has 0 spiro atoms. The zero-order valence-corrected chi connectivity index (χ0v) is 17.1. The summed E-state index contributed by atoms with van der Waals surface area (Å²) < 4.78 is 1.06. The predicted molar refractivity (Wildman–Crippen MR) is 114 cm³/mol. The first-order valence-electron chi connectivity index (χ1n) is 9.12. The molecule has 0 radical (unpaired) electrons. The third-order valence-corrected chi connectivity index (χ3v) is 5.67. The normalized spacial score (nSPS) is 10.8. The Morgan fingerprint density at radius 3 is 2.54 bits per heavy atom. The minimum absolute atomic E-state index is 0.0637. The molecule has 0 aliphatic rings. The molecule has 3 aromatic rings. The molecule has 0 saturated heterocycles. The highest BCUT2D eigenvalue weighted by molar-refractivity contribution is 7.22. The van der Waals surface area contributed by atoms with Crippen molar-refractivity contribution in [2.45, 2.75) is 20.4 Å². The molecule has 1 aromatic heterocycles. The van der Waals surface area contributed by atoms with Gasteiger partial charge in [0.2, 0.25) is 11.8 Å². The lowest BCUT2D eigenvalue weighted by Crippen LogP contribution is -2.41. The van der Waals surface area contributed by atoms with Crippen molar-refractivity contribution in [3.63, 3.8) is 0 Å². The number of benzene rings is 2. The van der Waals surface area contributed by atoms with E-state index >= 15 is 0 Å². The van der Waals surface area contributed by atoms with Gasteiger partial charge < -0.3 is 5.32 Å². The molecule has 0 bridgehead atoms. The molecule has 0 aliphatic heterocycles. The number of carbonyl (C=O) groups excluding carboxylic acids is 2. The second-order valence-corrected chi connectivity index (χ2v) is 7.60. The maximum Gasteiger partial charge on any atom is 0.243 e. The number of amides is 2. The molecular weight excluding hydrogens is 372 g/mol. The Kier molecular flexibility index (Phi) is 6.38. The van der Waals surface area contributed by atoms with Crippen molar-refractivity contribution >= 4 is 38.5 Å². The van der Waals surface area contributed by atoms with E-state index in [9.17, 15) is 9.59 Å². The zero-order valence-electron chi connectivity index (χ0n) is 16.3. The fourth-order valence-electron chi connectivity index (χ4n) is 2.83. The van der Waals surface area contributed by atoms with Gasteiger partial charge in [0.1, 0.15) is 0 Å². The SMILES string of the molecule is CNC(=O)CNCC(=O)N(Cc1ccccc1)c1nc2c(C)c(C)ccc2s1. The molecule has 0 aliphatic carbocycles. The van der Waals surface area contributed by atoms with Crippen molar-refractivity contribution in [3.8, 4) is 0 Å². The van der Waals surface area contributed by atoms with E-state index in [1.54, 1.807) is 11.9 Å². The minimum atomic E-state index is -0.159. The summed E-state index contributed by atoms with van der Waals surface area (Å²) in [7, 11) is 1.57. The van der Waals surface area contributed by atoms with Crippen LogP contribution < -0.4 is 15.5 Å². The maximum absolute atomic E-state index is 12.9. The lowest BCUT2D eigenvalue weighted by Gasteiger charge is -2.20. The smallest absolute Gasteiger partial charge is 0.243 e. The number of aromatic nitrogens is 1. The van der Waals surface area contributed by atoms with E-state index in [2.05, 4.69) is 30.5 Å². The van der Waals surface area contributed by atoms with Crippen LogP contribution in [0.25, 0.3) is 10.2 Å². The van der Waals surface area contributed by atoms with Crippen LogP contribution in [0.1, 0.15) is 16.7 Å². The second kappa shape index (κ2) is 8.95. The van der Waals surface area contributed by atoms with E-state index in [4.69, 9.17) is 4.98 Å². The number of rotatable bonds is 7. The van der Waals surface area contributed by atoms with Crippen molar-refractivity contribution < 1.29 is 9.59 Å². The van der Waals surface area contributed by atoms with Crippen LogP contribution in [0.3, 0.4) is 0 Å². The van der Waals surface area contributed by atoms with Gasteiger partial charge in [-0.25, -0.2) is 4.98 Å². The average molecular weight is 397 g/mol. The highest BCUT2D eigenvalue weighted by Crippen LogP contribution is 2.32. The van der Waals surface area contributed by atoms with Crippen LogP contribution >= 0.6 is 11.3 Å². The molecule has 146 valence electrons. The van der Waals surface area contributed by atoms with Gasteiger partial charge in [-0.05, 0) is 36.6 Å². The molecule has 0 fully saturated rings. The summed E-state index contributed by atoms with van der Waals surface area (Å²) in [5.41, 5.74) is 4.26. The van der Waals surface area contributed by atoms with E-state index < -0.39 is 0 Å². The number of hydrogen-bond donors (Lipinski definition) is 2. The summed E-state index contributed by atoms with van der Waals surface area (Å²) in [5.74, 6) is -0.283. The van der Waals surface area contributed by atoms with Gasteiger partial charge in [-0.2, -0.15) is 0 Å². The molecule has 0 unspecified atom stereocenters. The van der Waals surface area contributed by atoms with Crippen LogP contribution in [0, 0.1) is 13.8 Å². The van der Waals surface area contributed by atoms with E-state index in [-0.39, 0.29) is 24.9 Å². The largest absolute Gasteiger partial charge is 0.358 e. The van der Waals surface area contributed by atoms with Crippen LogP contribution in [0.2, 0.25) is 0 Å². The molecule has 6 nitrogen and oxygen atoms in total. The summed E-state index contributed by atoms with van der Waals surface area (Å²) in [4.78, 5) is 30.8. The number of hydrogen-bond acceptors (Lipinski definition) is 5. The number of anilines is 1. The fraction of sp³-hybridized carbons (Fsp3) is 0.286. The average Bonchev–Trinajstić information content (AvgIpc) is 3.14. The summed E-state index contributed by atoms with van der Waals surface area (Å²) in [6.07, 6.45) is 0. The molecule has 2 N–H and O–H groups in total. The molecule has 2 amide bonds. The first kappa shape index (κ1) is 20.0. The zero-order chi connectivity index (χ0) is 20.1. The Bertz CT molecular complexity index is 985. The van der Waals surface area contributed by atoms with Gasteiger partial charge in [-0.15, -0.1) is 0 Å². The third kappa shape index (κ3) is 4.55. The lowest BCUT2D eigenvalue weighted by molar-refractivity contribution is -0.120. The number of fused-ring (bicyclic) bond motifs is 1. The number of thiazole rings is 1. The van der Waals surface area contributed by atoms with E-state index in [0.717, 1.165) is 21.3 Å². The van der Waals surface area contributed by atoms with Gasteiger partial charge in [0, 0.05) is 7.05 Å². The van der Waals surface area contributed by atoms with Crippen LogP contribution in [0.15, 0.2) is 42.5 Å². The van der Waals surface area contributed by atoms with Gasteiger partial charge in [0.25, 0.3) is 0 Å². The molecule has 0 saturated carbocycles. The highest BCUT2D eigenvalue weighted by atomic mass is 32.1. The topological polar surface area (TPSA) is 74.3 Å². The quantitative estimate of drug-likeness (QED) is 0.644. The molecule has 1 heterocycles. The summed E-state index contributed by atoms with van der Waals surface area (Å²) in [6.45, 7) is 4.70. The standard InChI is InChI=1S/C21H24N4O2S/c1-14-9-10-17-20(15(14)2)24-21(28-17)25(13-16-7-5-4-6-8-16)19(27)12-23-11-18(26)22-3/h4-10,23H,11-13H2,1-3H3,(H,22,26). The molecule has 28 heavy (non-hydrogen) atoms. The summed E-state index contributed by atoms with van der Waals surface area (Å²) >= 11 is 1.51. The van der Waals surface area contributed by atoms with Crippen LogP contribution in [-0.4, -0.2) is 36.9 Å². The maximum atomic E-state index is 12.9. The van der Waals surface area contributed by atoms with Gasteiger partial charge in [0.05, 0.1) is 29.9 Å². The Hall–Kier alpha value is -2.77.